The number of piperidine rings is 2. The van der Waals surface area contributed by atoms with Crippen LogP contribution in [0.2, 0.25) is 20.1 Å². The first-order valence-corrected chi connectivity index (χ1v) is 14.7. The highest BCUT2D eigenvalue weighted by molar-refractivity contribution is 6.42. The number of ether oxygens (including phenoxy) is 2. The van der Waals surface area contributed by atoms with Gasteiger partial charge in [0.25, 0.3) is 0 Å². The van der Waals surface area contributed by atoms with Gasteiger partial charge in [-0.05, 0) is 64.0 Å². The largest absolute Gasteiger partial charge is 0.496 e. The third-order valence-electron chi connectivity index (χ3n) is 6.97. The van der Waals surface area contributed by atoms with Gasteiger partial charge in [-0.1, -0.05) is 46.4 Å². The van der Waals surface area contributed by atoms with Crippen molar-refractivity contribution in [2.24, 2.45) is 11.8 Å². The Kier molecular flexibility index (Phi) is 13.4. The lowest BCUT2D eigenvalue weighted by molar-refractivity contribution is -0.126. The van der Waals surface area contributed by atoms with Gasteiger partial charge >= 0.3 is 0 Å². The van der Waals surface area contributed by atoms with Crippen LogP contribution in [-0.4, -0.2) is 52.2 Å². The van der Waals surface area contributed by atoms with Crippen LogP contribution in [-0.2, 0) is 22.7 Å². The van der Waals surface area contributed by atoms with Crippen molar-refractivity contribution in [1.82, 2.24) is 21.3 Å². The van der Waals surface area contributed by atoms with Crippen molar-refractivity contribution in [3.8, 4) is 11.5 Å². The molecule has 40 heavy (non-hydrogen) atoms. The van der Waals surface area contributed by atoms with Gasteiger partial charge in [0, 0.05) is 48.2 Å². The summed E-state index contributed by atoms with van der Waals surface area (Å²) in [6, 6.07) is 6.78. The molecule has 2 heterocycles. The van der Waals surface area contributed by atoms with Gasteiger partial charge in [0.2, 0.25) is 11.8 Å². The Balaban J connectivity index is 0.000000220. The molecule has 2 aliphatic rings. The summed E-state index contributed by atoms with van der Waals surface area (Å²) in [5, 5.41) is 14.2. The van der Waals surface area contributed by atoms with Crippen molar-refractivity contribution in [3.63, 3.8) is 0 Å². The second kappa shape index (κ2) is 16.5. The second-order valence-corrected chi connectivity index (χ2v) is 11.3. The van der Waals surface area contributed by atoms with E-state index in [9.17, 15) is 9.59 Å². The Morgan fingerprint density at radius 2 is 1.00 bits per heavy atom. The van der Waals surface area contributed by atoms with Gasteiger partial charge in [-0.15, -0.1) is 0 Å². The summed E-state index contributed by atoms with van der Waals surface area (Å²) in [5.74, 6) is 1.60. The Hall–Kier alpha value is -1.94. The molecule has 2 aromatic rings. The van der Waals surface area contributed by atoms with Crippen LogP contribution < -0.4 is 30.7 Å². The second-order valence-electron chi connectivity index (χ2n) is 9.64. The van der Waals surface area contributed by atoms with E-state index in [2.05, 4.69) is 21.3 Å². The van der Waals surface area contributed by atoms with Gasteiger partial charge in [0.05, 0.1) is 34.3 Å². The minimum absolute atomic E-state index is 0.0830. The van der Waals surface area contributed by atoms with E-state index >= 15 is 0 Å². The van der Waals surface area contributed by atoms with Gasteiger partial charge in [-0.25, -0.2) is 0 Å². The highest BCUT2D eigenvalue weighted by Crippen LogP contribution is 2.31. The van der Waals surface area contributed by atoms with Gasteiger partial charge < -0.3 is 30.7 Å². The normalized spacial score (nSPS) is 15.9. The summed E-state index contributed by atoms with van der Waals surface area (Å²) >= 11 is 23.9. The molecule has 8 nitrogen and oxygen atoms in total. The minimum Gasteiger partial charge on any atom is -0.496 e. The van der Waals surface area contributed by atoms with Crippen LogP contribution >= 0.6 is 46.4 Å². The summed E-state index contributed by atoms with van der Waals surface area (Å²) in [6.45, 7) is 4.37. The topological polar surface area (TPSA) is 101 Å². The molecule has 4 rings (SSSR count). The highest BCUT2D eigenvalue weighted by atomic mass is 35.5. The molecule has 2 aliphatic heterocycles. The lowest BCUT2D eigenvalue weighted by atomic mass is 9.97. The molecular formula is C28H36Cl4N4O4. The van der Waals surface area contributed by atoms with E-state index < -0.39 is 0 Å². The van der Waals surface area contributed by atoms with E-state index in [0.29, 0.717) is 44.7 Å². The zero-order valence-electron chi connectivity index (χ0n) is 22.7. The average Bonchev–Trinajstić information content (AvgIpc) is 2.98. The van der Waals surface area contributed by atoms with Crippen LogP contribution in [0.1, 0.15) is 36.8 Å². The van der Waals surface area contributed by atoms with Crippen LogP contribution in [0.5, 0.6) is 11.5 Å². The molecule has 2 aromatic carbocycles. The van der Waals surface area contributed by atoms with Crippen LogP contribution in [0.3, 0.4) is 0 Å². The summed E-state index contributed by atoms with van der Waals surface area (Å²) in [4.78, 5) is 24.2. The molecule has 12 heteroatoms. The predicted octanol–water partition coefficient (Wildman–Crippen LogP) is 5.24. The van der Waals surface area contributed by atoms with Crippen LogP contribution in [0.15, 0.2) is 24.3 Å². The summed E-state index contributed by atoms with van der Waals surface area (Å²) in [5.41, 5.74) is 1.65. The van der Waals surface area contributed by atoms with Crippen molar-refractivity contribution >= 4 is 58.2 Å². The molecule has 0 saturated carbocycles. The summed E-state index contributed by atoms with van der Waals surface area (Å²) in [6.07, 6.45) is 3.52. The zero-order valence-corrected chi connectivity index (χ0v) is 25.7. The van der Waals surface area contributed by atoms with Gasteiger partial charge in [-0.3, -0.25) is 9.59 Å². The Morgan fingerprint density at radius 1 is 0.675 bits per heavy atom. The molecule has 2 amide bonds. The molecule has 0 unspecified atom stereocenters. The lowest BCUT2D eigenvalue weighted by Gasteiger charge is -2.22. The maximum atomic E-state index is 12.1. The van der Waals surface area contributed by atoms with E-state index in [-0.39, 0.29) is 23.7 Å². The van der Waals surface area contributed by atoms with Crippen LogP contribution in [0, 0.1) is 11.8 Å². The van der Waals surface area contributed by atoms with E-state index in [1.54, 1.807) is 38.5 Å². The fraction of sp³-hybridized carbons (Fsp3) is 0.500. The molecular weight excluding hydrogens is 598 g/mol. The molecule has 0 aliphatic carbocycles. The number of rotatable bonds is 8. The molecule has 0 aromatic heterocycles. The third-order valence-corrected chi connectivity index (χ3v) is 8.42. The number of hydrogen-bond acceptors (Lipinski definition) is 6. The fourth-order valence-electron chi connectivity index (χ4n) is 4.62. The van der Waals surface area contributed by atoms with Gasteiger partial charge in [0.15, 0.2) is 0 Å². The van der Waals surface area contributed by atoms with Crippen molar-refractivity contribution in [2.75, 3.05) is 40.4 Å². The summed E-state index contributed by atoms with van der Waals surface area (Å²) < 4.78 is 10.5. The fourth-order valence-corrected chi connectivity index (χ4v) is 5.30. The van der Waals surface area contributed by atoms with Gasteiger partial charge in [0.1, 0.15) is 11.5 Å². The number of halogens is 4. The average molecular weight is 634 g/mol. The number of nitrogens with one attached hydrogen (secondary N) is 4. The number of carbonyl (C=O) groups is 2. The highest BCUT2D eigenvalue weighted by Gasteiger charge is 2.22. The van der Waals surface area contributed by atoms with E-state index in [4.69, 9.17) is 55.9 Å². The monoisotopic (exact) mass is 632 g/mol. The van der Waals surface area contributed by atoms with Gasteiger partial charge in [-0.2, -0.15) is 0 Å². The number of hydrogen-bond donors (Lipinski definition) is 4. The van der Waals surface area contributed by atoms with Crippen molar-refractivity contribution in [1.29, 1.82) is 0 Å². The molecule has 0 atom stereocenters. The van der Waals surface area contributed by atoms with Crippen molar-refractivity contribution in [2.45, 2.75) is 38.8 Å². The van der Waals surface area contributed by atoms with E-state index in [1.165, 1.54) is 0 Å². The first-order chi connectivity index (χ1) is 19.2. The third kappa shape index (κ3) is 9.57. The smallest absolute Gasteiger partial charge is 0.223 e. The molecule has 2 saturated heterocycles. The Morgan fingerprint density at radius 3 is 1.32 bits per heavy atom. The molecule has 2 fully saturated rings. The maximum Gasteiger partial charge on any atom is 0.223 e. The number of carbonyl (C=O) groups excluding carboxylic acids is 2. The molecule has 0 spiro atoms. The minimum atomic E-state index is 0.0830. The standard InChI is InChI=1S/2C14H18Cl2N2O2/c2*1-20-13-7-12(16)11(15)6-10(13)8-18-14(19)9-2-4-17-5-3-9/h2*6-7,9,17H,2-5,8H2,1H3,(H,18,19). The predicted molar refractivity (Wildman–Crippen MR) is 161 cm³/mol. The number of amides is 2. The maximum absolute atomic E-state index is 12.1. The van der Waals surface area contributed by atoms with Crippen LogP contribution in [0.25, 0.3) is 0 Å². The Bertz CT molecular complexity index is 1070. The zero-order chi connectivity index (χ0) is 29.1. The van der Waals surface area contributed by atoms with Crippen LogP contribution in [0.4, 0.5) is 0 Å². The molecule has 4 N–H and O–H groups in total. The van der Waals surface area contributed by atoms with Crippen molar-refractivity contribution < 1.29 is 19.1 Å². The quantitative estimate of drug-likeness (QED) is 0.317. The van der Waals surface area contributed by atoms with E-state index in [0.717, 1.165) is 63.0 Å². The first-order valence-electron chi connectivity index (χ1n) is 13.2. The lowest BCUT2D eigenvalue weighted by Crippen LogP contribution is -2.37. The molecule has 220 valence electrons. The summed E-state index contributed by atoms with van der Waals surface area (Å²) in [7, 11) is 3.13. The van der Waals surface area contributed by atoms with Crippen molar-refractivity contribution in [3.05, 3.63) is 55.5 Å². The van der Waals surface area contributed by atoms with E-state index in [1.807, 2.05) is 0 Å². The first kappa shape index (κ1) is 32.6. The Labute approximate surface area is 255 Å². The number of methoxy groups -OCH3 is 2. The SMILES string of the molecule is COc1cc(Cl)c(Cl)cc1CNC(=O)C1CCNCC1.COc1cc(Cl)c(Cl)cc1CNC(=O)C1CCNCC1. The number of benzene rings is 2. The molecule has 0 bridgehead atoms. The molecule has 0 radical (unpaired) electrons.